The summed E-state index contributed by atoms with van der Waals surface area (Å²) in [6, 6.07) is 1.77. The van der Waals surface area contributed by atoms with Gasteiger partial charge in [0.2, 0.25) is 0 Å². The first-order chi connectivity index (χ1) is 8.43. The molecule has 102 valence electrons. The Morgan fingerprint density at radius 3 is 2.56 bits per heavy atom. The maximum absolute atomic E-state index is 12.5. The second-order valence-electron chi connectivity index (χ2n) is 4.39. The molecule has 1 aromatic heterocycles. The molecule has 0 aromatic carbocycles. The number of aryl methyl sites for hydroxylation is 1. The van der Waals surface area contributed by atoms with Crippen molar-refractivity contribution in [1.29, 1.82) is 0 Å². The highest BCUT2D eigenvalue weighted by atomic mass is 79.9. The van der Waals surface area contributed by atoms with E-state index in [1.54, 1.807) is 13.1 Å². The quantitative estimate of drug-likeness (QED) is 0.838. The minimum absolute atomic E-state index is 0.0462. The molecule has 4 nitrogen and oxygen atoms in total. The molecule has 0 N–H and O–H groups in total. The van der Waals surface area contributed by atoms with Crippen LogP contribution >= 0.6 is 27.3 Å². The third-order valence-electron chi connectivity index (χ3n) is 3.17. The van der Waals surface area contributed by atoms with Crippen LogP contribution in [-0.4, -0.2) is 39.0 Å². The van der Waals surface area contributed by atoms with Crippen molar-refractivity contribution < 1.29 is 13.2 Å². The summed E-state index contributed by atoms with van der Waals surface area (Å²) in [5.74, 6) is 0. The van der Waals surface area contributed by atoms with E-state index in [-0.39, 0.29) is 6.04 Å². The highest BCUT2D eigenvalue weighted by Gasteiger charge is 2.30. The Balaban J connectivity index is 2.24. The zero-order valence-electron chi connectivity index (χ0n) is 10.3. The molecule has 0 aliphatic carbocycles. The molecular weight excluding hydrogens is 338 g/mol. The average molecular weight is 354 g/mol. The molecule has 0 spiro atoms. The van der Waals surface area contributed by atoms with Crippen LogP contribution in [-0.2, 0) is 14.8 Å². The molecule has 0 radical (unpaired) electrons. The second-order valence-corrected chi connectivity index (χ2v) is 8.98. The van der Waals surface area contributed by atoms with Crippen molar-refractivity contribution in [2.24, 2.45) is 0 Å². The minimum atomic E-state index is -3.37. The van der Waals surface area contributed by atoms with Crippen molar-refractivity contribution in [2.75, 3.05) is 20.3 Å². The summed E-state index contributed by atoms with van der Waals surface area (Å²) in [5.41, 5.74) is 0.957. The van der Waals surface area contributed by atoms with Gasteiger partial charge in [-0.3, -0.25) is 0 Å². The first-order valence-electron chi connectivity index (χ1n) is 5.74. The molecule has 1 aliphatic heterocycles. The fraction of sp³-hybridized carbons (Fsp3) is 0.636. The van der Waals surface area contributed by atoms with E-state index in [9.17, 15) is 8.42 Å². The van der Waals surface area contributed by atoms with E-state index in [0.717, 1.165) is 22.2 Å². The highest BCUT2D eigenvalue weighted by molar-refractivity contribution is 9.11. The third kappa shape index (κ3) is 2.80. The van der Waals surface area contributed by atoms with Gasteiger partial charge in [0, 0.05) is 26.3 Å². The van der Waals surface area contributed by atoms with Gasteiger partial charge in [-0.2, -0.15) is 4.31 Å². The highest BCUT2D eigenvalue weighted by Crippen LogP contribution is 2.33. The number of hydrogen-bond donors (Lipinski definition) is 0. The van der Waals surface area contributed by atoms with Gasteiger partial charge in [-0.25, -0.2) is 8.42 Å². The number of rotatable bonds is 3. The molecule has 1 saturated heterocycles. The molecule has 1 aromatic rings. The van der Waals surface area contributed by atoms with E-state index >= 15 is 0 Å². The van der Waals surface area contributed by atoms with E-state index in [2.05, 4.69) is 15.9 Å². The average Bonchev–Trinajstić information content (AvgIpc) is 2.70. The summed E-state index contributed by atoms with van der Waals surface area (Å²) in [6.45, 7) is 3.17. The van der Waals surface area contributed by atoms with Gasteiger partial charge in [-0.05, 0) is 47.3 Å². The van der Waals surface area contributed by atoms with Crippen LogP contribution in [0.1, 0.15) is 18.4 Å². The first-order valence-corrected chi connectivity index (χ1v) is 8.79. The largest absolute Gasteiger partial charge is 0.381 e. The number of ether oxygens (including phenoxy) is 1. The van der Waals surface area contributed by atoms with Crippen molar-refractivity contribution in [3.05, 3.63) is 15.4 Å². The topological polar surface area (TPSA) is 46.6 Å². The summed E-state index contributed by atoms with van der Waals surface area (Å²) in [4.78, 5) is 0. The molecule has 2 heterocycles. The fourth-order valence-corrected chi connectivity index (χ4v) is 5.77. The molecule has 0 saturated carbocycles. The maximum atomic E-state index is 12.5. The van der Waals surface area contributed by atoms with Gasteiger partial charge in [0.1, 0.15) is 4.21 Å². The predicted molar refractivity (Wildman–Crippen MR) is 75.5 cm³/mol. The van der Waals surface area contributed by atoms with Crippen LogP contribution in [0.15, 0.2) is 14.1 Å². The molecule has 0 atom stereocenters. The summed E-state index contributed by atoms with van der Waals surface area (Å²) in [6.07, 6.45) is 1.53. The molecule has 0 bridgehead atoms. The van der Waals surface area contributed by atoms with Crippen molar-refractivity contribution >= 4 is 37.3 Å². The molecule has 18 heavy (non-hydrogen) atoms. The fourth-order valence-electron chi connectivity index (χ4n) is 1.95. The number of hydrogen-bond acceptors (Lipinski definition) is 4. The Kier molecular flexibility index (Phi) is 4.48. The first kappa shape index (κ1) is 14.5. The van der Waals surface area contributed by atoms with Crippen molar-refractivity contribution in [1.82, 2.24) is 4.31 Å². The summed E-state index contributed by atoms with van der Waals surface area (Å²) >= 11 is 4.64. The van der Waals surface area contributed by atoms with Crippen LogP contribution in [0.2, 0.25) is 0 Å². The van der Waals surface area contributed by atoms with E-state index in [1.807, 2.05) is 6.92 Å². The van der Waals surface area contributed by atoms with E-state index in [0.29, 0.717) is 17.4 Å². The van der Waals surface area contributed by atoms with Crippen LogP contribution in [0.3, 0.4) is 0 Å². The van der Waals surface area contributed by atoms with Gasteiger partial charge < -0.3 is 4.74 Å². The zero-order valence-corrected chi connectivity index (χ0v) is 13.6. The summed E-state index contributed by atoms with van der Waals surface area (Å²) < 4.78 is 33.0. The van der Waals surface area contributed by atoms with Gasteiger partial charge in [0.15, 0.2) is 0 Å². The van der Waals surface area contributed by atoms with Gasteiger partial charge in [-0.1, -0.05) is 0 Å². The Labute approximate surface area is 120 Å². The Bertz CT molecular complexity index is 501. The molecular formula is C11H16BrNO3S2. The molecule has 1 fully saturated rings. The van der Waals surface area contributed by atoms with E-state index in [1.165, 1.54) is 15.6 Å². The van der Waals surface area contributed by atoms with Crippen LogP contribution in [0, 0.1) is 6.92 Å². The smallest absolute Gasteiger partial charge is 0.252 e. The van der Waals surface area contributed by atoms with Crippen LogP contribution < -0.4 is 0 Å². The minimum Gasteiger partial charge on any atom is -0.381 e. The SMILES string of the molecule is Cc1cc(S(=O)(=O)N(C)C2CCOCC2)sc1Br. The summed E-state index contributed by atoms with van der Waals surface area (Å²) in [5, 5.41) is 0. The number of sulfonamides is 1. The van der Waals surface area contributed by atoms with E-state index < -0.39 is 10.0 Å². The standard InChI is InChI=1S/C11H16BrNO3S2/c1-8-7-10(17-11(8)12)18(14,15)13(2)9-3-5-16-6-4-9/h7,9H,3-6H2,1-2H3. The molecule has 7 heteroatoms. The van der Waals surface area contributed by atoms with E-state index in [4.69, 9.17) is 4.74 Å². The van der Waals surface area contributed by atoms with Crippen LogP contribution in [0.5, 0.6) is 0 Å². The van der Waals surface area contributed by atoms with Gasteiger partial charge >= 0.3 is 0 Å². The zero-order chi connectivity index (χ0) is 13.3. The lowest BCUT2D eigenvalue weighted by molar-refractivity contribution is 0.0632. The van der Waals surface area contributed by atoms with Crippen molar-refractivity contribution in [2.45, 2.75) is 30.0 Å². The van der Waals surface area contributed by atoms with Gasteiger partial charge in [0.05, 0.1) is 3.79 Å². The van der Waals surface area contributed by atoms with Crippen LogP contribution in [0.4, 0.5) is 0 Å². The van der Waals surface area contributed by atoms with Crippen molar-refractivity contribution in [3.63, 3.8) is 0 Å². The Morgan fingerprint density at radius 1 is 1.44 bits per heavy atom. The second kappa shape index (κ2) is 5.58. The summed E-state index contributed by atoms with van der Waals surface area (Å²) in [7, 11) is -1.71. The number of thiophene rings is 1. The Hall–Kier alpha value is 0.0500. The third-order valence-corrected chi connectivity index (χ3v) is 7.67. The van der Waals surface area contributed by atoms with Crippen LogP contribution in [0.25, 0.3) is 0 Å². The van der Waals surface area contributed by atoms with Gasteiger partial charge in [-0.15, -0.1) is 11.3 Å². The van der Waals surface area contributed by atoms with Gasteiger partial charge in [0.25, 0.3) is 10.0 Å². The molecule has 0 unspecified atom stereocenters. The molecule has 1 aliphatic rings. The normalized spacial score (nSPS) is 18.4. The maximum Gasteiger partial charge on any atom is 0.252 e. The van der Waals surface area contributed by atoms with Crippen molar-refractivity contribution in [3.8, 4) is 0 Å². The predicted octanol–water partition coefficient (Wildman–Crippen LogP) is 2.62. The lowest BCUT2D eigenvalue weighted by atomic mass is 10.1. The lowest BCUT2D eigenvalue weighted by Gasteiger charge is -2.29. The number of nitrogens with zero attached hydrogens (tertiary/aromatic N) is 1. The monoisotopic (exact) mass is 353 g/mol. The lowest BCUT2D eigenvalue weighted by Crippen LogP contribution is -2.40. The number of halogens is 1. The Morgan fingerprint density at radius 2 is 2.06 bits per heavy atom. The molecule has 0 amide bonds. The molecule has 2 rings (SSSR count).